The third-order valence-corrected chi connectivity index (χ3v) is 6.71. The molecule has 0 saturated carbocycles. The number of hydrogen-bond acceptors (Lipinski definition) is 4. The van der Waals surface area contributed by atoms with Crippen molar-refractivity contribution in [3.05, 3.63) is 54.2 Å². The van der Waals surface area contributed by atoms with Gasteiger partial charge in [0.2, 0.25) is 0 Å². The van der Waals surface area contributed by atoms with E-state index in [2.05, 4.69) is 9.97 Å². The summed E-state index contributed by atoms with van der Waals surface area (Å²) in [6, 6.07) is 11.5. The lowest BCUT2D eigenvalue weighted by molar-refractivity contribution is -0.153. The number of sulfone groups is 1. The molecule has 0 atom stereocenters. The molecule has 0 bridgehead atoms. The van der Waals surface area contributed by atoms with E-state index in [0.29, 0.717) is 33.1 Å². The first-order chi connectivity index (χ1) is 14.6. The molecule has 162 valence electrons. The van der Waals surface area contributed by atoms with Crippen LogP contribution < -0.4 is 4.74 Å². The minimum absolute atomic E-state index is 0.0354. The first-order valence-corrected chi connectivity index (χ1v) is 11.2. The molecule has 1 N–H and O–H groups in total. The van der Waals surface area contributed by atoms with Crippen molar-refractivity contribution in [1.29, 1.82) is 0 Å². The minimum Gasteiger partial charge on any atom is -0.482 e. The lowest BCUT2D eigenvalue weighted by Gasteiger charge is -2.13. The number of rotatable bonds is 5. The molecule has 0 aliphatic heterocycles. The number of pyridine rings is 1. The molecule has 0 spiro atoms. The largest absolute Gasteiger partial charge is 0.482 e. The van der Waals surface area contributed by atoms with Crippen LogP contribution in [0, 0.1) is 6.92 Å². The van der Waals surface area contributed by atoms with Gasteiger partial charge in [-0.05, 0) is 53.9 Å². The molecule has 0 amide bonds. The van der Waals surface area contributed by atoms with Crippen LogP contribution in [0.3, 0.4) is 0 Å². The van der Waals surface area contributed by atoms with Crippen molar-refractivity contribution in [2.45, 2.75) is 24.9 Å². The number of ether oxygens (including phenoxy) is 1. The third-order valence-electron chi connectivity index (χ3n) is 4.98. The smallest absolute Gasteiger partial charge is 0.422 e. The zero-order valence-corrected chi connectivity index (χ0v) is 17.6. The average molecular weight is 448 g/mol. The summed E-state index contributed by atoms with van der Waals surface area (Å²) in [5, 5.41) is 1.34. The number of fused-ring (bicyclic) bond motifs is 3. The van der Waals surface area contributed by atoms with Gasteiger partial charge >= 0.3 is 6.18 Å². The number of halogens is 3. The number of benzene rings is 2. The summed E-state index contributed by atoms with van der Waals surface area (Å²) in [5.74, 6) is 0.01000. The standard InChI is InChI=1S/C22H19F3N2O3S/c1-3-31(28,29)15-6-4-5-14(10-15)16-7-8-18(30-12-22(23,24)25)20-19(16)17-9-13(2)11-26-21(17)27-20/h4-11H,3,12H2,1-2H3,(H,26,27). The Morgan fingerprint density at radius 3 is 2.61 bits per heavy atom. The molecule has 2 aromatic carbocycles. The fraction of sp³-hybridized carbons (Fsp3) is 0.227. The van der Waals surface area contributed by atoms with E-state index in [9.17, 15) is 21.6 Å². The van der Waals surface area contributed by atoms with Gasteiger partial charge in [-0.1, -0.05) is 19.1 Å². The van der Waals surface area contributed by atoms with Gasteiger partial charge in [-0.15, -0.1) is 0 Å². The molecule has 0 radical (unpaired) electrons. The highest BCUT2D eigenvalue weighted by atomic mass is 32.2. The molecule has 0 unspecified atom stereocenters. The monoisotopic (exact) mass is 448 g/mol. The second-order valence-corrected chi connectivity index (χ2v) is 9.51. The second-order valence-electron chi connectivity index (χ2n) is 7.23. The SMILES string of the molecule is CCS(=O)(=O)c1cccc(-c2ccc(OCC(F)(F)F)c3[nH]c4ncc(C)cc4c23)c1. The van der Waals surface area contributed by atoms with Gasteiger partial charge in [-0.25, -0.2) is 13.4 Å². The molecule has 31 heavy (non-hydrogen) atoms. The molecular weight excluding hydrogens is 429 g/mol. The summed E-state index contributed by atoms with van der Waals surface area (Å²) < 4.78 is 67.9. The van der Waals surface area contributed by atoms with Gasteiger partial charge in [0.05, 0.1) is 16.2 Å². The molecule has 4 aromatic rings. The summed E-state index contributed by atoms with van der Waals surface area (Å²) in [6.45, 7) is 2.01. The van der Waals surface area contributed by atoms with Crippen molar-refractivity contribution >= 4 is 31.8 Å². The van der Waals surface area contributed by atoms with Crippen molar-refractivity contribution < 1.29 is 26.3 Å². The van der Waals surface area contributed by atoms with Gasteiger partial charge in [0, 0.05) is 17.0 Å². The van der Waals surface area contributed by atoms with Crippen LogP contribution >= 0.6 is 0 Å². The van der Waals surface area contributed by atoms with Crippen molar-refractivity contribution in [1.82, 2.24) is 9.97 Å². The lowest BCUT2D eigenvalue weighted by Crippen LogP contribution is -2.19. The molecule has 2 heterocycles. The fourth-order valence-electron chi connectivity index (χ4n) is 3.51. The van der Waals surface area contributed by atoms with Crippen LogP contribution in [0.2, 0.25) is 0 Å². The van der Waals surface area contributed by atoms with E-state index in [1.807, 2.05) is 13.0 Å². The number of H-pyrrole nitrogens is 1. The number of aryl methyl sites for hydroxylation is 1. The zero-order chi connectivity index (χ0) is 22.4. The van der Waals surface area contributed by atoms with E-state index in [1.54, 1.807) is 37.4 Å². The summed E-state index contributed by atoms with van der Waals surface area (Å²) in [7, 11) is -3.42. The summed E-state index contributed by atoms with van der Waals surface area (Å²) in [6.07, 6.45) is -2.82. The number of nitrogens with zero attached hydrogens (tertiary/aromatic N) is 1. The van der Waals surface area contributed by atoms with Crippen LogP contribution in [0.1, 0.15) is 12.5 Å². The quantitative estimate of drug-likeness (QED) is 0.442. The Kier molecular flexibility index (Phi) is 5.17. The van der Waals surface area contributed by atoms with Crippen molar-refractivity contribution in [2.24, 2.45) is 0 Å². The molecule has 0 fully saturated rings. The minimum atomic E-state index is -4.48. The van der Waals surface area contributed by atoms with Gasteiger partial charge < -0.3 is 9.72 Å². The van der Waals surface area contributed by atoms with Crippen LogP contribution in [0.4, 0.5) is 13.2 Å². The normalized spacial score (nSPS) is 12.5. The lowest BCUT2D eigenvalue weighted by atomic mass is 9.99. The number of nitrogens with one attached hydrogen (secondary N) is 1. The third kappa shape index (κ3) is 4.10. The Balaban J connectivity index is 1.98. The maximum Gasteiger partial charge on any atom is 0.422 e. The van der Waals surface area contributed by atoms with E-state index in [0.717, 1.165) is 5.56 Å². The molecule has 9 heteroatoms. The van der Waals surface area contributed by atoms with Crippen LogP contribution in [-0.4, -0.2) is 36.9 Å². The highest BCUT2D eigenvalue weighted by Gasteiger charge is 2.29. The van der Waals surface area contributed by atoms with Gasteiger partial charge in [0.15, 0.2) is 16.4 Å². The Bertz CT molecular complexity index is 1390. The Morgan fingerprint density at radius 2 is 1.90 bits per heavy atom. The Hall–Kier alpha value is -3.07. The number of aromatic nitrogens is 2. The van der Waals surface area contributed by atoms with E-state index < -0.39 is 22.6 Å². The molecule has 0 aliphatic carbocycles. The average Bonchev–Trinajstić information content (AvgIpc) is 3.10. The van der Waals surface area contributed by atoms with Crippen molar-refractivity contribution in [3.63, 3.8) is 0 Å². The second kappa shape index (κ2) is 7.56. The maximum atomic E-state index is 12.7. The highest BCUT2D eigenvalue weighted by molar-refractivity contribution is 7.91. The van der Waals surface area contributed by atoms with E-state index in [4.69, 9.17) is 4.74 Å². The van der Waals surface area contributed by atoms with Gasteiger partial charge in [-0.3, -0.25) is 0 Å². The molecule has 0 aliphatic rings. The Labute approximate surface area is 176 Å². The van der Waals surface area contributed by atoms with Crippen molar-refractivity contribution in [2.75, 3.05) is 12.4 Å². The van der Waals surface area contributed by atoms with Crippen LogP contribution in [0.5, 0.6) is 5.75 Å². The number of alkyl halides is 3. The van der Waals surface area contributed by atoms with Crippen molar-refractivity contribution in [3.8, 4) is 16.9 Å². The molecular formula is C22H19F3N2O3S. The summed E-state index contributed by atoms with van der Waals surface area (Å²) in [4.78, 5) is 7.59. The molecule has 0 saturated heterocycles. The summed E-state index contributed by atoms with van der Waals surface area (Å²) >= 11 is 0. The zero-order valence-electron chi connectivity index (χ0n) is 16.7. The molecule has 5 nitrogen and oxygen atoms in total. The first kappa shape index (κ1) is 21.2. The topological polar surface area (TPSA) is 72.1 Å². The summed E-state index contributed by atoms with van der Waals surface area (Å²) in [5.41, 5.74) is 3.05. The van der Waals surface area contributed by atoms with Crippen LogP contribution in [0.15, 0.2) is 53.6 Å². The molecule has 4 rings (SSSR count). The highest BCUT2D eigenvalue weighted by Crippen LogP contribution is 2.39. The van der Waals surface area contributed by atoms with E-state index >= 15 is 0 Å². The molecule has 2 aromatic heterocycles. The number of aromatic amines is 1. The predicted molar refractivity (Wildman–Crippen MR) is 113 cm³/mol. The Morgan fingerprint density at radius 1 is 1.13 bits per heavy atom. The van der Waals surface area contributed by atoms with Crippen LogP contribution in [0.25, 0.3) is 33.1 Å². The first-order valence-electron chi connectivity index (χ1n) is 9.53. The maximum absolute atomic E-state index is 12.7. The van der Waals surface area contributed by atoms with Gasteiger partial charge in [0.25, 0.3) is 0 Å². The van der Waals surface area contributed by atoms with Crippen LogP contribution in [-0.2, 0) is 9.84 Å². The van der Waals surface area contributed by atoms with Gasteiger partial charge in [0.1, 0.15) is 11.4 Å². The number of hydrogen-bond donors (Lipinski definition) is 1. The van der Waals surface area contributed by atoms with Gasteiger partial charge in [-0.2, -0.15) is 13.2 Å². The van der Waals surface area contributed by atoms with E-state index in [-0.39, 0.29) is 16.4 Å². The predicted octanol–water partition coefficient (Wildman–Crippen LogP) is 5.43. The fourth-order valence-corrected chi connectivity index (χ4v) is 4.44. The van der Waals surface area contributed by atoms with E-state index in [1.165, 1.54) is 12.1 Å².